The van der Waals surface area contributed by atoms with Crippen LogP contribution in [-0.4, -0.2) is 0 Å². The second-order valence-corrected chi connectivity index (χ2v) is 5.24. The molecule has 0 atom stereocenters. The molecule has 0 spiro atoms. The van der Waals surface area contributed by atoms with Gasteiger partial charge in [0.15, 0.2) is 6.20 Å². The molecule has 2 aromatic rings. The molecule has 2 rings (SSSR count). The summed E-state index contributed by atoms with van der Waals surface area (Å²) in [5.74, 6) is 0.0484. The fourth-order valence-corrected chi connectivity index (χ4v) is 1.75. The minimum atomic E-state index is 0. The van der Waals surface area contributed by atoms with Crippen molar-refractivity contribution in [3.63, 3.8) is 0 Å². The molecule has 1 N–H and O–H groups in total. The van der Waals surface area contributed by atoms with Crippen molar-refractivity contribution in [3.8, 4) is 17.0 Å². The third-order valence-electron chi connectivity index (χ3n) is 2.86. The van der Waals surface area contributed by atoms with E-state index in [2.05, 4.69) is 31.8 Å². The van der Waals surface area contributed by atoms with Gasteiger partial charge in [0.25, 0.3) is 0 Å². The molecular weight excluding hydrogens is 217 g/mol. The summed E-state index contributed by atoms with van der Waals surface area (Å²) in [6, 6.07) is 11.1. The molecule has 0 aliphatic heterocycles. The molecule has 0 saturated carbocycles. The maximum atomic E-state index is 11.7. The van der Waals surface area contributed by atoms with Crippen LogP contribution in [0.1, 0.15) is 26.3 Å². The Morgan fingerprint density at radius 1 is 1.00 bits per heavy atom. The zero-order valence-electron chi connectivity index (χ0n) is 11.4. The number of hydrogen-bond acceptors (Lipinski definition) is 1. The summed E-state index contributed by atoms with van der Waals surface area (Å²) in [6.07, 6.45) is 1.97. The van der Waals surface area contributed by atoms with Crippen molar-refractivity contribution in [1.82, 2.24) is 0 Å². The molecule has 1 aromatic heterocycles. The van der Waals surface area contributed by atoms with Gasteiger partial charge in [-0.25, -0.2) is 4.98 Å². The van der Waals surface area contributed by atoms with Crippen LogP contribution in [0, 0.1) is 0 Å². The molecule has 0 unspecified atom stereocenters. The summed E-state index contributed by atoms with van der Waals surface area (Å²) in [7, 11) is 0. The van der Waals surface area contributed by atoms with Crippen molar-refractivity contribution in [2.45, 2.75) is 26.2 Å². The smallest absolute Gasteiger partial charge is 0.872 e. The summed E-state index contributed by atoms with van der Waals surface area (Å²) in [6.45, 7) is 6.49. The Bertz CT molecular complexity index is 515. The second kappa shape index (κ2) is 5.61. The molecule has 0 aliphatic carbocycles. The van der Waals surface area contributed by atoms with Gasteiger partial charge in [0, 0.05) is 17.2 Å². The second-order valence-electron chi connectivity index (χ2n) is 5.24. The minimum absolute atomic E-state index is 0. The third-order valence-corrected chi connectivity index (χ3v) is 2.86. The van der Waals surface area contributed by atoms with E-state index >= 15 is 0 Å². The van der Waals surface area contributed by atoms with Crippen LogP contribution in [0.4, 0.5) is 0 Å². The quantitative estimate of drug-likeness (QED) is 0.615. The molecule has 0 bridgehead atoms. The Morgan fingerprint density at radius 3 is 2.17 bits per heavy atom. The van der Waals surface area contributed by atoms with Crippen molar-refractivity contribution < 1.29 is 29.0 Å². The molecule has 0 amide bonds. The van der Waals surface area contributed by atoms with E-state index in [9.17, 15) is 5.11 Å². The first-order valence-corrected chi connectivity index (χ1v) is 5.77. The number of aromatic amines is 1. The van der Waals surface area contributed by atoms with Crippen molar-refractivity contribution >= 4 is 0 Å². The zero-order chi connectivity index (χ0) is 12.5. The summed E-state index contributed by atoms with van der Waals surface area (Å²) in [5, 5.41) is 11.7. The topological polar surface area (TPSA) is 37.2 Å². The van der Waals surface area contributed by atoms with Crippen LogP contribution in [-0.2, 0) is 5.41 Å². The van der Waals surface area contributed by atoms with Crippen LogP contribution < -0.4 is 29.0 Å². The fourth-order valence-electron chi connectivity index (χ4n) is 1.75. The molecule has 3 heteroatoms. The largest absolute Gasteiger partial charge is 1.00 e. The van der Waals surface area contributed by atoms with Crippen molar-refractivity contribution in [3.05, 3.63) is 48.2 Å². The van der Waals surface area contributed by atoms with Gasteiger partial charge < -0.3 is 5.11 Å². The number of hydrogen-bond donors (Lipinski definition) is 0. The summed E-state index contributed by atoms with van der Waals surface area (Å²) in [4.78, 5) is 3.20. The van der Waals surface area contributed by atoms with Gasteiger partial charge in [0.1, 0.15) is 0 Å². The molecule has 88 valence electrons. The molecule has 1 heterocycles. The fraction of sp³-hybridized carbons (Fsp3) is 0.267. The number of nitrogens with one attached hydrogen (secondary N) is 1. The van der Waals surface area contributed by atoms with Crippen LogP contribution in [0.15, 0.2) is 42.6 Å². The average molecular weight is 234 g/mol. The van der Waals surface area contributed by atoms with E-state index in [-0.39, 0.29) is 30.0 Å². The Morgan fingerprint density at radius 2 is 1.67 bits per heavy atom. The van der Waals surface area contributed by atoms with E-state index in [0.29, 0.717) is 5.56 Å². The van der Waals surface area contributed by atoms with Gasteiger partial charge in [-0.15, -0.1) is 0 Å². The minimum Gasteiger partial charge on any atom is -0.872 e. The normalized spacial score (nSPS) is 10.8. The number of rotatable bonds is 1. The summed E-state index contributed by atoms with van der Waals surface area (Å²) < 4.78 is 0. The Balaban J connectivity index is 0.00000162. The number of para-hydroxylation sites is 1. The first-order chi connectivity index (χ1) is 7.98. The SMILES string of the molecule is CC(C)(C)c1ccc(-c2ccccc2[O-])[nH+]c1.[Li+]. The van der Waals surface area contributed by atoms with E-state index in [4.69, 9.17) is 0 Å². The Labute approximate surface area is 120 Å². The van der Waals surface area contributed by atoms with E-state index in [1.165, 1.54) is 5.56 Å². The third kappa shape index (κ3) is 3.16. The van der Waals surface area contributed by atoms with Crippen molar-refractivity contribution in [1.29, 1.82) is 0 Å². The first kappa shape index (κ1) is 14.8. The van der Waals surface area contributed by atoms with E-state index in [1.54, 1.807) is 12.1 Å². The summed E-state index contributed by atoms with van der Waals surface area (Å²) >= 11 is 0. The van der Waals surface area contributed by atoms with E-state index in [0.717, 1.165) is 5.69 Å². The predicted molar refractivity (Wildman–Crippen MR) is 66.6 cm³/mol. The van der Waals surface area contributed by atoms with Gasteiger partial charge >= 0.3 is 18.9 Å². The van der Waals surface area contributed by atoms with E-state index in [1.807, 2.05) is 24.4 Å². The maximum absolute atomic E-state index is 11.7. The van der Waals surface area contributed by atoms with Gasteiger partial charge in [-0.2, -0.15) is 0 Å². The molecule has 1 aromatic carbocycles. The van der Waals surface area contributed by atoms with Crippen LogP contribution in [0.25, 0.3) is 11.3 Å². The average Bonchev–Trinajstić information content (AvgIpc) is 2.29. The predicted octanol–water partition coefficient (Wildman–Crippen LogP) is -0.457. The van der Waals surface area contributed by atoms with Crippen LogP contribution in [0.2, 0.25) is 0 Å². The van der Waals surface area contributed by atoms with Crippen LogP contribution in [0.5, 0.6) is 5.75 Å². The number of H-pyrrole nitrogens is 1. The van der Waals surface area contributed by atoms with Gasteiger partial charge in [0.05, 0.1) is 0 Å². The standard InChI is InChI=1S/C15H17NO.Li/c1-15(2,3)11-8-9-13(16-10-11)12-6-4-5-7-14(12)17;/h4-10,17H,1-3H3;/q;+1. The van der Waals surface area contributed by atoms with Crippen molar-refractivity contribution in [2.75, 3.05) is 0 Å². The monoisotopic (exact) mass is 234 g/mol. The van der Waals surface area contributed by atoms with Gasteiger partial charge in [-0.1, -0.05) is 44.7 Å². The molecule has 0 radical (unpaired) electrons. The number of aromatic nitrogens is 1. The molecule has 0 saturated heterocycles. The zero-order valence-corrected chi connectivity index (χ0v) is 11.4. The molecule has 18 heavy (non-hydrogen) atoms. The number of benzene rings is 1. The van der Waals surface area contributed by atoms with E-state index < -0.39 is 0 Å². The Kier molecular flexibility index (Phi) is 4.62. The summed E-state index contributed by atoms with van der Waals surface area (Å²) in [5.41, 5.74) is 2.92. The van der Waals surface area contributed by atoms with Gasteiger partial charge in [-0.05, 0) is 17.5 Å². The first-order valence-electron chi connectivity index (χ1n) is 5.77. The maximum Gasteiger partial charge on any atom is 1.00 e. The molecule has 2 nitrogen and oxygen atoms in total. The Hall–Kier alpha value is -1.23. The van der Waals surface area contributed by atoms with Gasteiger partial charge in [0.2, 0.25) is 5.69 Å². The van der Waals surface area contributed by atoms with Crippen molar-refractivity contribution in [2.24, 2.45) is 0 Å². The molecular formula is C15H17LiNO+. The molecule has 0 aliphatic rings. The number of pyridine rings is 1. The van der Waals surface area contributed by atoms with Crippen LogP contribution in [0.3, 0.4) is 0 Å². The molecule has 0 fully saturated rings. The van der Waals surface area contributed by atoms with Gasteiger partial charge in [-0.3, -0.25) is 0 Å². The van der Waals surface area contributed by atoms with Crippen LogP contribution >= 0.6 is 0 Å².